The molecule has 14 rings (SSSR count). The largest absolute Gasteiger partial charge is 0.455 e. The Hall–Kier alpha value is -8.92. The average Bonchev–Trinajstić information content (AvgIpc) is 4.07. The zero-order valence-corrected chi connectivity index (χ0v) is 36.9. The highest BCUT2D eigenvalue weighted by molar-refractivity contribution is 6.22. The second-order valence-electron chi connectivity index (χ2n) is 17.9. The number of fused-ring (bicyclic) bond motifs is 10. The number of nitrogens with zero attached hydrogens (tertiary/aromatic N) is 1. The lowest BCUT2D eigenvalue weighted by atomic mass is 9.67. The van der Waals surface area contributed by atoms with Crippen LogP contribution in [0.25, 0.3) is 88.0 Å². The topological polar surface area (TPSA) is 29.5 Å². The van der Waals surface area contributed by atoms with E-state index < -0.39 is 5.41 Å². The van der Waals surface area contributed by atoms with Crippen molar-refractivity contribution in [3.05, 3.63) is 271 Å². The van der Waals surface area contributed by atoms with Crippen LogP contribution in [-0.4, -0.2) is 0 Å². The van der Waals surface area contributed by atoms with Gasteiger partial charge in [0.15, 0.2) is 0 Å². The highest BCUT2D eigenvalue weighted by Crippen LogP contribution is 2.58. The standard InChI is InChI=1S/C65H41NO2/c1-4-19-42(20-5-1)48-26-13-16-33-59(48)66(47-35-37-51-50-28-12-15-32-57(50)65(58(51)41-47,44-22-6-2-7-23-44)45-24-8-3-9-25-45)46-36-38-61-55(40-46)56-39-43-21-10-11-27-49(43)62(64(56)68-61)54-31-18-30-53-52-29-14-17-34-60(52)67-63(53)54/h1-41H. The Balaban J connectivity index is 1.04. The number of para-hydroxylation sites is 3. The Morgan fingerprint density at radius 2 is 0.897 bits per heavy atom. The summed E-state index contributed by atoms with van der Waals surface area (Å²) < 4.78 is 13.8. The summed E-state index contributed by atoms with van der Waals surface area (Å²) in [5.74, 6) is 0. The minimum absolute atomic E-state index is 0.556. The van der Waals surface area contributed by atoms with E-state index in [1.807, 2.05) is 12.1 Å². The molecule has 13 aromatic rings. The van der Waals surface area contributed by atoms with E-state index in [1.54, 1.807) is 0 Å². The van der Waals surface area contributed by atoms with Gasteiger partial charge in [0, 0.05) is 49.6 Å². The molecule has 0 bridgehead atoms. The molecule has 0 radical (unpaired) electrons. The first-order valence-electron chi connectivity index (χ1n) is 23.3. The molecule has 3 nitrogen and oxygen atoms in total. The third kappa shape index (κ3) is 5.60. The number of furan rings is 2. The fourth-order valence-corrected chi connectivity index (χ4v) is 11.4. The van der Waals surface area contributed by atoms with Crippen LogP contribution in [0.15, 0.2) is 258 Å². The van der Waals surface area contributed by atoms with Crippen molar-refractivity contribution in [3.8, 4) is 33.4 Å². The average molecular weight is 868 g/mol. The van der Waals surface area contributed by atoms with E-state index in [0.29, 0.717) is 0 Å². The fourth-order valence-electron chi connectivity index (χ4n) is 11.4. The van der Waals surface area contributed by atoms with Crippen LogP contribution in [0.4, 0.5) is 17.1 Å². The van der Waals surface area contributed by atoms with Gasteiger partial charge in [-0.3, -0.25) is 0 Å². The Bertz CT molecular complexity index is 4050. The summed E-state index contributed by atoms with van der Waals surface area (Å²) in [6, 6.07) is 90.0. The summed E-state index contributed by atoms with van der Waals surface area (Å²) in [7, 11) is 0. The summed E-state index contributed by atoms with van der Waals surface area (Å²) in [6.45, 7) is 0. The van der Waals surface area contributed by atoms with E-state index in [1.165, 1.54) is 33.4 Å². The van der Waals surface area contributed by atoms with Gasteiger partial charge in [-0.15, -0.1) is 0 Å². The predicted molar refractivity (Wildman–Crippen MR) is 281 cm³/mol. The molecule has 0 amide bonds. The number of hydrogen-bond acceptors (Lipinski definition) is 3. The predicted octanol–water partition coefficient (Wildman–Crippen LogP) is 17.8. The van der Waals surface area contributed by atoms with E-state index in [2.05, 4.69) is 241 Å². The molecule has 318 valence electrons. The van der Waals surface area contributed by atoms with E-state index in [9.17, 15) is 0 Å². The van der Waals surface area contributed by atoms with Gasteiger partial charge >= 0.3 is 0 Å². The van der Waals surface area contributed by atoms with Crippen LogP contribution in [0, 0.1) is 0 Å². The van der Waals surface area contributed by atoms with Crippen LogP contribution in [0.5, 0.6) is 0 Å². The molecule has 0 unspecified atom stereocenters. The van der Waals surface area contributed by atoms with Gasteiger partial charge in [0.05, 0.1) is 11.1 Å². The quantitative estimate of drug-likeness (QED) is 0.160. The van der Waals surface area contributed by atoms with E-state index in [0.717, 1.165) is 94.0 Å². The fraction of sp³-hybridized carbons (Fsp3) is 0.0154. The van der Waals surface area contributed by atoms with Gasteiger partial charge in [0.1, 0.15) is 22.3 Å². The maximum absolute atomic E-state index is 7.07. The van der Waals surface area contributed by atoms with Crippen molar-refractivity contribution in [3.63, 3.8) is 0 Å². The Morgan fingerprint density at radius 1 is 0.324 bits per heavy atom. The van der Waals surface area contributed by atoms with Gasteiger partial charge in [-0.1, -0.05) is 200 Å². The number of hydrogen-bond donors (Lipinski definition) is 0. The maximum Gasteiger partial charge on any atom is 0.144 e. The molecule has 0 saturated heterocycles. The number of anilines is 3. The minimum atomic E-state index is -0.556. The molecule has 0 fully saturated rings. The van der Waals surface area contributed by atoms with Crippen molar-refractivity contribution in [1.82, 2.24) is 0 Å². The van der Waals surface area contributed by atoms with Gasteiger partial charge in [-0.2, -0.15) is 0 Å². The first-order valence-corrected chi connectivity index (χ1v) is 23.3. The van der Waals surface area contributed by atoms with Crippen LogP contribution in [0.3, 0.4) is 0 Å². The molecule has 0 aliphatic heterocycles. The lowest BCUT2D eigenvalue weighted by Crippen LogP contribution is -2.28. The highest BCUT2D eigenvalue weighted by Gasteiger charge is 2.46. The Labute approximate surface area is 393 Å². The summed E-state index contributed by atoms with van der Waals surface area (Å²) >= 11 is 0. The second kappa shape index (κ2) is 15.1. The van der Waals surface area contributed by atoms with E-state index >= 15 is 0 Å². The molecule has 1 aliphatic carbocycles. The van der Waals surface area contributed by atoms with Crippen molar-refractivity contribution >= 4 is 71.7 Å². The smallest absolute Gasteiger partial charge is 0.144 e. The van der Waals surface area contributed by atoms with Gasteiger partial charge in [0.25, 0.3) is 0 Å². The third-order valence-corrected chi connectivity index (χ3v) is 14.3. The van der Waals surface area contributed by atoms with Crippen LogP contribution in [-0.2, 0) is 5.41 Å². The molecule has 1 aliphatic rings. The van der Waals surface area contributed by atoms with Crippen LogP contribution >= 0.6 is 0 Å². The van der Waals surface area contributed by atoms with Crippen LogP contribution in [0.2, 0.25) is 0 Å². The Morgan fingerprint density at radius 3 is 1.71 bits per heavy atom. The van der Waals surface area contributed by atoms with Crippen molar-refractivity contribution in [1.29, 1.82) is 0 Å². The summed E-state index contributed by atoms with van der Waals surface area (Å²) in [5.41, 5.74) is 17.8. The van der Waals surface area contributed by atoms with Crippen LogP contribution < -0.4 is 4.90 Å². The van der Waals surface area contributed by atoms with E-state index in [-0.39, 0.29) is 0 Å². The zero-order chi connectivity index (χ0) is 44.8. The molecule has 2 heterocycles. The summed E-state index contributed by atoms with van der Waals surface area (Å²) in [5, 5.41) is 6.54. The lowest BCUT2D eigenvalue weighted by Gasteiger charge is -2.35. The molecule has 11 aromatic carbocycles. The lowest BCUT2D eigenvalue weighted by molar-refractivity contribution is 0.665. The van der Waals surface area contributed by atoms with Crippen molar-refractivity contribution in [2.24, 2.45) is 0 Å². The highest BCUT2D eigenvalue weighted by atomic mass is 16.3. The number of benzene rings is 11. The van der Waals surface area contributed by atoms with Gasteiger partial charge < -0.3 is 13.7 Å². The number of rotatable bonds is 7. The van der Waals surface area contributed by atoms with Gasteiger partial charge in [-0.25, -0.2) is 0 Å². The molecule has 3 heteroatoms. The molecule has 0 N–H and O–H groups in total. The summed E-state index contributed by atoms with van der Waals surface area (Å²) in [4.78, 5) is 2.45. The van der Waals surface area contributed by atoms with Crippen LogP contribution in [0.1, 0.15) is 22.3 Å². The molecule has 0 spiro atoms. The van der Waals surface area contributed by atoms with Gasteiger partial charge in [-0.05, 0) is 98.2 Å². The monoisotopic (exact) mass is 867 g/mol. The third-order valence-electron chi connectivity index (χ3n) is 14.3. The summed E-state index contributed by atoms with van der Waals surface area (Å²) in [6.07, 6.45) is 0. The van der Waals surface area contributed by atoms with E-state index in [4.69, 9.17) is 8.83 Å². The zero-order valence-electron chi connectivity index (χ0n) is 36.9. The van der Waals surface area contributed by atoms with Gasteiger partial charge in [0.2, 0.25) is 0 Å². The SMILES string of the molecule is c1ccc(-c2ccccc2N(c2ccc3c(c2)C(c2ccccc2)(c2ccccc2)c2ccccc2-3)c2ccc3oc4c(-c5cccc6c5oc5ccccc56)c5ccccc5cc4c3c2)cc1. The molecular weight excluding hydrogens is 827 g/mol. The van der Waals surface area contributed by atoms with Crippen molar-refractivity contribution in [2.45, 2.75) is 5.41 Å². The molecular formula is C65H41NO2. The first-order chi connectivity index (χ1) is 33.7. The maximum atomic E-state index is 7.07. The Kier molecular flexibility index (Phi) is 8.50. The molecule has 0 saturated carbocycles. The minimum Gasteiger partial charge on any atom is -0.455 e. The molecule has 68 heavy (non-hydrogen) atoms. The molecule has 0 atom stereocenters. The first kappa shape index (κ1) is 38.4. The second-order valence-corrected chi connectivity index (χ2v) is 17.9. The normalized spacial score (nSPS) is 12.8. The van der Waals surface area contributed by atoms with Crippen molar-refractivity contribution in [2.75, 3.05) is 4.90 Å². The van der Waals surface area contributed by atoms with Crippen molar-refractivity contribution < 1.29 is 8.83 Å². The molecule has 2 aromatic heterocycles.